The first-order valence-corrected chi connectivity index (χ1v) is 8.05. The number of rotatable bonds is 5. The zero-order chi connectivity index (χ0) is 15.5. The summed E-state index contributed by atoms with van der Waals surface area (Å²) >= 11 is 1.46. The van der Waals surface area contributed by atoms with Crippen molar-refractivity contribution in [2.45, 2.75) is 13.3 Å². The molecule has 3 aromatic rings. The van der Waals surface area contributed by atoms with E-state index >= 15 is 0 Å². The fourth-order valence-electron chi connectivity index (χ4n) is 2.29. The second kappa shape index (κ2) is 7.59. The van der Waals surface area contributed by atoms with Crippen LogP contribution in [0.1, 0.15) is 21.8 Å². The third-order valence-electron chi connectivity index (χ3n) is 3.44. The summed E-state index contributed by atoms with van der Waals surface area (Å²) < 4.78 is 1.89. The van der Waals surface area contributed by atoms with Gasteiger partial charge in [0.15, 0.2) is 0 Å². The van der Waals surface area contributed by atoms with Gasteiger partial charge < -0.3 is 11.1 Å². The van der Waals surface area contributed by atoms with Crippen LogP contribution < -0.4 is 11.1 Å². The zero-order valence-corrected chi connectivity index (χ0v) is 14.4. The number of aryl methyl sites for hydroxylation is 1. The van der Waals surface area contributed by atoms with Crippen molar-refractivity contribution in [3.8, 4) is 5.69 Å². The average Bonchev–Trinajstić information content (AvgIpc) is 3.09. The highest BCUT2D eigenvalue weighted by Gasteiger charge is 2.16. The van der Waals surface area contributed by atoms with Crippen LogP contribution in [0.15, 0.2) is 36.4 Å². The number of thiophene rings is 1. The quantitative estimate of drug-likeness (QED) is 0.695. The molecule has 0 spiro atoms. The Morgan fingerprint density at radius 2 is 2.09 bits per heavy atom. The van der Waals surface area contributed by atoms with Crippen LogP contribution in [0.5, 0.6) is 0 Å². The van der Waals surface area contributed by atoms with Crippen LogP contribution in [-0.2, 0) is 0 Å². The first-order chi connectivity index (χ1) is 10.7. The normalized spacial score (nSPS) is 10.5. The molecule has 122 valence electrons. The van der Waals surface area contributed by atoms with Crippen LogP contribution in [-0.4, -0.2) is 28.8 Å². The SMILES string of the molecule is Cc1nn(-c2ccccc2)c2sc(C(=O)NCCCN)cc12.Cl. The van der Waals surface area contributed by atoms with Crippen LogP contribution in [0.2, 0.25) is 0 Å². The van der Waals surface area contributed by atoms with E-state index in [0.29, 0.717) is 18.0 Å². The van der Waals surface area contributed by atoms with Crippen molar-refractivity contribution in [1.29, 1.82) is 0 Å². The van der Waals surface area contributed by atoms with Crippen molar-refractivity contribution in [1.82, 2.24) is 15.1 Å². The Morgan fingerprint density at radius 1 is 1.35 bits per heavy atom. The summed E-state index contributed by atoms with van der Waals surface area (Å²) in [7, 11) is 0. The predicted octanol–water partition coefficient (Wildman–Crippen LogP) is 2.90. The Morgan fingerprint density at radius 3 is 2.78 bits per heavy atom. The number of aromatic nitrogens is 2. The third-order valence-corrected chi connectivity index (χ3v) is 4.55. The van der Waals surface area contributed by atoms with Crippen molar-refractivity contribution >= 4 is 39.9 Å². The lowest BCUT2D eigenvalue weighted by molar-refractivity contribution is 0.0957. The molecule has 3 N–H and O–H groups in total. The lowest BCUT2D eigenvalue weighted by Crippen LogP contribution is -2.25. The number of amides is 1. The van der Waals surface area contributed by atoms with E-state index in [1.807, 2.05) is 48.0 Å². The van der Waals surface area contributed by atoms with Crippen molar-refractivity contribution in [3.63, 3.8) is 0 Å². The zero-order valence-electron chi connectivity index (χ0n) is 12.8. The molecule has 7 heteroatoms. The highest BCUT2D eigenvalue weighted by Crippen LogP contribution is 2.30. The Kier molecular flexibility index (Phi) is 5.76. The van der Waals surface area contributed by atoms with Gasteiger partial charge in [-0.25, -0.2) is 4.68 Å². The van der Waals surface area contributed by atoms with Gasteiger partial charge in [-0.3, -0.25) is 4.79 Å². The largest absolute Gasteiger partial charge is 0.351 e. The topological polar surface area (TPSA) is 72.9 Å². The van der Waals surface area contributed by atoms with Gasteiger partial charge in [-0.1, -0.05) is 18.2 Å². The summed E-state index contributed by atoms with van der Waals surface area (Å²) in [6, 6.07) is 11.9. The maximum absolute atomic E-state index is 12.2. The number of nitrogens with one attached hydrogen (secondary N) is 1. The van der Waals surface area contributed by atoms with Crippen LogP contribution in [0, 0.1) is 6.92 Å². The number of benzene rings is 1. The van der Waals surface area contributed by atoms with Crippen LogP contribution in [0.25, 0.3) is 15.9 Å². The minimum absolute atomic E-state index is 0. The standard InChI is InChI=1S/C16H18N4OS.ClH/c1-11-13-10-14(15(21)18-9-5-8-17)22-16(13)20(19-11)12-6-3-2-4-7-12;/h2-4,6-7,10H,5,8-9,17H2,1H3,(H,18,21);1H. The lowest BCUT2D eigenvalue weighted by Gasteiger charge is -2.02. The molecule has 0 radical (unpaired) electrons. The number of nitrogens with zero attached hydrogens (tertiary/aromatic N) is 2. The molecular formula is C16H19ClN4OS. The van der Waals surface area contributed by atoms with Crippen molar-refractivity contribution in [2.75, 3.05) is 13.1 Å². The van der Waals surface area contributed by atoms with E-state index in [1.54, 1.807) is 0 Å². The minimum atomic E-state index is -0.0475. The number of para-hydroxylation sites is 1. The van der Waals surface area contributed by atoms with Crippen LogP contribution in [0.3, 0.4) is 0 Å². The van der Waals surface area contributed by atoms with Gasteiger partial charge in [0.05, 0.1) is 16.3 Å². The fraction of sp³-hybridized carbons (Fsp3) is 0.250. The van der Waals surface area contributed by atoms with Gasteiger partial charge in [0, 0.05) is 11.9 Å². The summed E-state index contributed by atoms with van der Waals surface area (Å²) in [4.78, 5) is 13.9. The Labute approximate surface area is 144 Å². The number of hydrogen-bond donors (Lipinski definition) is 2. The molecule has 2 aromatic heterocycles. The fourth-order valence-corrected chi connectivity index (χ4v) is 3.39. The van der Waals surface area contributed by atoms with Gasteiger partial charge in [-0.2, -0.15) is 5.10 Å². The highest BCUT2D eigenvalue weighted by atomic mass is 35.5. The maximum Gasteiger partial charge on any atom is 0.261 e. The molecule has 23 heavy (non-hydrogen) atoms. The number of halogens is 1. The first kappa shape index (κ1) is 17.5. The molecule has 3 rings (SSSR count). The van der Waals surface area contributed by atoms with E-state index in [0.717, 1.165) is 28.0 Å². The number of carbonyl (C=O) groups is 1. The number of hydrogen-bond acceptors (Lipinski definition) is 4. The number of fused-ring (bicyclic) bond motifs is 1. The average molecular weight is 351 g/mol. The van der Waals surface area contributed by atoms with Gasteiger partial charge in [0.25, 0.3) is 5.91 Å². The molecule has 1 aromatic carbocycles. The summed E-state index contributed by atoms with van der Waals surface area (Å²) in [5.41, 5.74) is 7.37. The second-order valence-electron chi connectivity index (χ2n) is 5.06. The Bertz CT molecular complexity index is 797. The minimum Gasteiger partial charge on any atom is -0.351 e. The first-order valence-electron chi connectivity index (χ1n) is 7.23. The van der Waals surface area contributed by atoms with E-state index in [2.05, 4.69) is 10.4 Å². The molecule has 5 nitrogen and oxygen atoms in total. The molecule has 0 saturated heterocycles. The summed E-state index contributed by atoms with van der Waals surface area (Å²) in [6.45, 7) is 3.15. The van der Waals surface area contributed by atoms with Gasteiger partial charge >= 0.3 is 0 Å². The maximum atomic E-state index is 12.2. The molecule has 0 bridgehead atoms. The number of nitrogens with two attached hydrogens (primary N) is 1. The molecule has 0 fully saturated rings. The summed E-state index contributed by atoms with van der Waals surface area (Å²) in [5.74, 6) is -0.0475. The van der Waals surface area contributed by atoms with E-state index in [4.69, 9.17) is 5.73 Å². The van der Waals surface area contributed by atoms with Gasteiger partial charge in [0.1, 0.15) is 4.83 Å². The van der Waals surface area contributed by atoms with Crippen molar-refractivity contribution < 1.29 is 4.79 Å². The van der Waals surface area contributed by atoms with Gasteiger partial charge in [-0.05, 0) is 38.1 Å². The molecule has 2 heterocycles. The van der Waals surface area contributed by atoms with E-state index < -0.39 is 0 Å². The predicted molar refractivity (Wildman–Crippen MR) is 96.9 cm³/mol. The molecule has 0 aliphatic rings. The van der Waals surface area contributed by atoms with E-state index in [9.17, 15) is 4.79 Å². The van der Waals surface area contributed by atoms with E-state index in [-0.39, 0.29) is 18.3 Å². The lowest BCUT2D eigenvalue weighted by atomic mass is 10.3. The summed E-state index contributed by atoms with van der Waals surface area (Å²) in [5, 5.41) is 8.49. The van der Waals surface area contributed by atoms with Gasteiger partial charge in [-0.15, -0.1) is 23.7 Å². The molecule has 0 unspecified atom stereocenters. The van der Waals surface area contributed by atoms with Crippen molar-refractivity contribution in [3.05, 3.63) is 47.0 Å². The van der Waals surface area contributed by atoms with Gasteiger partial charge in [0.2, 0.25) is 0 Å². The summed E-state index contributed by atoms with van der Waals surface area (Å²) in [6.07, 6.45) is 0.785. The molecular weight excluding hydrogens is 332 g/mol. The monoisotopic (exact) mass is 350 g/mol. The molecule has 1 amide bonds. The molecule has 0 aliphatic carbocycles. The smallest absolute Gasteiger partial charge is 0.261 e. The van der Waals surface area contributed by atoms with E-state index in [1.165, 1.54) is 11.3 Å². The Hall–Kier alpha value is -1.89. The second-order valence-corrected chi connectivity index (χ2v) is 6.09. The number of carbonyl (C=O) groups excluding carboxylic acids is 1. The molecule has 0 atom stereocenters. The van der Waals surface area contributed by atoms with Crippen molar-refractivity contribution in [2.24, 2.45) is 5.73 Å². The molecule has 0 saturated carbocycles. The molecule has 0 aliphatic heterocycles. The van der Waals surface area contributed by atoms with Crippen LogP contribution >= 0.6 is 23.7 Å². The highest BCUT2D eigenvalue weighted by molar-refractivity contribution is 7.20. The van der Waals surface area contributed by atoms with Crippen LogP contribution in [0.4, 0.5) is 0 Å². The Balaban J connectivity index is 0.00000192. The third kappa shape index (κ3) is 3.55.